The number of hydrogen-bond donors (Lipinski definition) is 1. The third kappa shape index (κ3) is 3.24. The summed E-state index contributed by atoms with van der Waals surface area (Å²) >= 11 is 0. The summed E-state index contributed by atoms with van der Waals surface area (Å²) in [6.07, 6.45) is 3.53. The lowest BCUT2D eigenvalue weighted by Gasteiger charge is -2.29. The second-order valence-corrected chi connectivity index (χ2v) is 7.17. The Labute approximate surface area is 152 Å². The molecule has 0 saturated carbocycles. The van der Waals surface area contributed by atoms with E-state index in [2.05, 4.69) is 14.9 Å². The summed E-state index contributed by atoms with van der Waals surface area (Å²) in [4.78, 5) is 24.0. The molecule has 0 aliphatic carbocycles. The number of nitrogens with one attached hydrogen (secondary N) is 1. The van der Waals surface area contributed by atoms with Crippen LogP contribution in [-0.4, -0.2) is 59.0 Å². The molecule has 7 heteroatoms. The van der Waals surface area contributed by atoms with Crippen LogP contribution in [0.5, 0.6) is 0 Å². The molecule has 0 unspecified atom stereocenters. The predicted octanol–water partition coefficient (Wildman–Crippen LogP) is 1.83. The Morgan fingerprint density at radius 1 is 1.38 bits per heavy atom. The number of ether oxygens (including phenoxy) is 1. The van der Waals surface area contributed by atoms with Crippen LogP contribution in [0.3, 0.4) is 0 Å². The zero-order valence-corrected chi connectivity index (χ0v) is 14.8. The number of hydrogen-bond acceptors (Lipinski definition) is 4. The lowest BCUT2D eigenvalue weighted by molar-refractivity contribution is -0.136. The smallest absolute Gasteiger partial charge is 0.249 e. The minimum atomic E-state index is -0.266. The molecule has 2 fully saturated rings. The van der Waals surface area contributed by atoms with Gasteiger partial charge in [0.05, 0.1) is 12.4 Å². The normalized spacial score (nSPS) is 25.6. The molecule has 3 atom stereocenters. The van der Waals surface area contributed by atoms with Crippen molar-refractivity contribution in [1.29, 1.82) is 0 Å². The van der Waals surface area contributed by atoms with Gasteiger partial charge in [-0.05, 0) is 23.6 Å². The molecule has 1 amide bonds. The van der Waals surface area contributed by atoms with Crippen LogP contribution < -0.4 is 0 Å². The number of fused-ring (bicyclic) bond motifs is 1. The summed E-state index contributed by atoms with van der Waals surface area (Å²) in [5.41, 5.74) is 1.95. The number of nitrogens with zero attached hydrogens (tertiary/aromatic N) is 3. The number of H-pyrrole nitrogens is 1. The van der Waals surface area contributed by atoms with Crippen molar-refractivity contribution in [3.63, 3.8) is 0 Å². The quantitative estimate of drug-likeness (QED) is 0.886. The maximum atomic E-state index is 13.8. The molecule has 2 saturated heterocycles. The van der Waals surface area contributed by atoms with E-state index in [4.69, 9.17) is 4.74 Å². The van der Waals surface area contributed by atoms with Gasteiger partial charge in [0.15, 0.2) is 0 Å². The molecule has 3 heterocycles. The number of methoxy groups -OCH3 is 1. The fourth-order valence-corrected chi connectivity index (χ4v) is 4.46. The Morgan fingerprint density at radius 2 is 2.27 bits per heavy atom. The highest BCUT2D eigenvalue weighted by Crippen LogP contribution is 2.45. The number of amides is 1. The third-order valence-electron chi connectivity index (χ3n) is 5.47. The summed E-state index contributed by atoms with van der Waals surface area (Å²) in [6.45, 7) is 3.36. The van der Waals surface area contributed by atoms with Gasteiger partial charge in [0.25, 0.3) is 0 Å². The Kier molecular flexibility index (Phi) is 4.74. The maximum Gasteiger partial charge on any atom is 0.249 e. The number of carbonyl (C=O) groups excluding carboxylic acids is 1. The molecule has 1 aromatic carbocycles. The molecule has 0 radical (unpaired) electrons. The van der Waals surface area contributed by atoms with E-state index in [9.17, 15) is 9.18 Å². The van der Waals surface area contributed by atoms with Gasteiger partial charge < -0.3 is 14.6 Å². The van der Waals surface area contributed by atoms with Crippen molar-refractivity contribution < 1.29 is 13.9 Å². The highest BCUT2D eigenvalue weighted by atomic mass is 19.1. The largest absolute Gasteiger partial charge is 0.375 e. The van der Waals surface area contributed by atoms with E-state index in [1.807, 2.05) is 17.2 Å². The molecule has 2 aromatic rings. The standard InChI is InChI=1S/C19H23FN4O2/c1-26-11-18(25)24-8-14-7-23(9-16-6-21-12-22-16)10-17(14)19(24)13-3-2-4-15(20)5-13/h2-6,12,14,17,19H,7-11H2,1H3,(H,21,22)/t14-,17-,19+/m1/s1. The van der Waals surface area contributed by atoms with Crippen molar-refractivity contribution in [2.75, 3.05) is 33.4 Å². The van der Waals surface area contributed by atoms with Gasteiger partial charge in [-0.15, -0.1) is 0 Å². The van der Waals surface area contributed by atoms with E-state index in [-0.39, 0.29) is 24.4 Å². The molecule has 0 bridgehead atoms. The number of aromatic amines is 1. The topological polar surface area (TPSA) is 61.5 Å². The van der Waals surface area contributed by atoms with E-state index < -0.39 is 0 Å². The third-order valence-corrected chi connectivity index (χ3v) is 5.47. The Hall–Kier alpha value is -2.25. The number of rotatable bonds is 5. The lowest BCUT2D eigenvalue weighted by Crippen LogP contribution is -2.37. The van der Waals surface area contributed by atoms with E-state index in [0.717, 1.165) is 30.9 Å². The van der Waals surface area contributed by atoms with Gasteiger partial charge >= 0.3 is 0 Å². The number of imidazole rings is 1. The van der Waals surface area contributed by atoms with Crippen molar-refractivity contribution >= 4 is 5.91 Å². The van der Waals surface area contributed by atoms with Crippen molar-refractivity contribution in [2.45, 2.75) is 12.6 Å². The zero-order chi connectivity index (χ0) is 18.1. The molecular formula is C19H23FN4O2. The van der Waals surface area contributed by atoms with Gasteiger partial charge in [-0.1, -0.05) is 12.1 Å². The average Bonchev–Trinajstić information content (AvgIpc) is 3.31. The highest BCUT2D eigenvalue weighted by molar-refractivity contribution is 5.78. The predicted molar refractivity (Wildman–Crippen MR) is 93.6 cm³/mol. The van der Waals surface area contributed by atoms with Crippen molar-refractivity contribution in [2.24, 2.45) is 11.8 Å². The van der Waals surface area contributed by atoms with Crippen LogP contribution in [0.2, 0.25) is 0 Å². The van der Waals surface area contributed by atoms with Gasteiger partial charge in [-0.2, -0.15) is 0 Å². The van der Waals surface area contributed by atoms with E-state index in [1.165, 1.54) is 13.2 Å². The summed E-state index contributed by atoms with van der Waals surface area (Å²) in [5.74, 6) is 0.376. The number of halogens is 1. The van der Waals surface area contributed by atoms with E-state index in [0.29, 0.717) is 18.4 Å². The van der Waals surface area contributed by atoms with Crippen LogP contribution in [0.25, 0.3) is 0 Å². The number of benzene rings is 1. The number of likely N-dealkylation sites (tertiary alicyclic amines) is 2. The second kappa shape index (κ2) is 7.17. The fourth-order valence-electron chi connectivity index (χ4n) is 4.46. The van der Waals surface area contributed by atoms with Crippen LogP contribution in [-0.2, 0) is 16.1 Å². The second-order valence-electron chi connectivity index (χ2n) is 7.17. The summed E-state index contributed by atoms with van der Waals surface area (Å²) in [7, 11) is 1.53. The van der Waals surface area contributed by atoms with Gasteiger partial charge in [-0.3, -0.25) is 9.69 Å². The van der Waals surface area contributed by atoms with Crippen LogP contribution in [0.1, 0.15) is 17.3 Å². The van der Waals surface area contributed by atoms with E-state index >= 15 is 0 Å². The number of carbonyl (C=O) groups is 1. The molecule has 1 aromatic heterocycles. The molecule has 138 valence electrons. The Balaban J connectivity index is 1.57. The first-order valence-electron chi connectivity index (χ1n) is 8.89. The first-order chi connectivity index (χ1) is 12.7. The first kappa shape index (κ1) is 17.2. The minimum absolute atomic E-state index is 0.0312. The lowest BCUT2D eigenvalue weighted by atomic mass is 9.89. The van der Waals surface area contributed by atoms with Gasteiger partial charge in [0.1, 0.15) is 12.4 Å². The summed E-state index contributed by atoms with van der Waals surface area (Å²) in [6, 6.07) is 6.52. The average molecular weight is 358 g/mol. The maximum absolute atomic E-state index is 13.8. The molecule has 0 spiro atoms. The van der Waals surface area contributed by atoms with Crippen molar-refractivity contribution in [1.82, 2.24) is 19.8 Å². The minimum Gasteiger partial charge on any atom is -0.375 e. The fraction of sp³-hybridized carbons (Fsp3) is 0.474. The van der Waals surface area contributed by atoms with Crippen LogP contribution in [0, 0.1) is 17.7 Å². The van der Waals surface area contributed by atoms with Gasteiger partial charge in [0, 0.05) is 51.1 Å². The van der Waals surface area contributed by atoms with Crippen LogP contribution in [0.4, 0.5) is 4.39 Å². The first-order valence-corrected chi connectivity index (χ1v) is 8.89. The van der Waals surface area contributed by atoms with E-state index in [1.54, 1.807) is 18.5 Å². The highest BCUT2D eigenvalue weighted by Gasteiger charge is 2.48. The Bertz CT molecular complexity index is 767. The number of aromatic nitrogens is 2. The van der Waals surface area contributed by atoms with Crippen molar-refractivity contribution in [3.05, 3.63) is 53.9 Å². The molecule has 2 aliphatic rings. The van der Waals surface area contributed by atoms with Crippen LogP contribution in [0.15, 0.2) is 36.8 Å². The van der Waals surface area contributed by atoms with Gasteiger partial charge in [-0.25, -0.2) is 9.37 Å². The molecule has 6 nitrogen and oxygen atoms in total. The van der Waals surface area contributed by atoms with Gasteiger partial charge in [0.2, 0.25) is 5.91 Å². The molecule has 4 rings (SSSR count). The van der Waals surface area contributed by atoms with Crippen molar-refractivity contribution in [3.8, 4) is 0 Å². The SMILES string of the molecule is COCC(=O)N1C[C@H]2CN(Cc3cnc[nH]3)C[C@H]2[C@@H]1c1cccc(F)c1. The summed E-state index contributed by atoms with van der Waals surface area (Å²) in [5, 5.41) is 0. The molecule has 2 aliphatic heterocycles. The zero-order valence-electron chi connectivity index (χ0n) is 14.8. The molecular weight excluding hydrogens is 335 g/mol. The molecule has 26 heavy (non-hydrogen) atoms. The monoisotopic (exact) mass is 358 g/mol. The molecule has 1 N–H and O–H groups in total. The Morgan fingerprint density at radius 3 is 3.00 bits per heavy atom. The summed E-state index contributed by atoms with van der Waals surface area (Å²) < 4.78 is 18.9. The van der Waals surface area contributed by atoms with Crippen LogP contribution >= 0.6 is 0 Å².